The highest BCUT2D eigenvalue weighted by atomic mass is 16.5. The minimum absolute atomic E-state index is 0.373. The summed E-state index contributed by atoms with van der Waals surface area (Å²) in [5.74, 6) is 6.26. The topological polar surface area (TPSA) is 62.9 Å². The van der Waals surface area contributed by atoms with E-state index in [1.807, 2.05) is 0 Å². The first-order valence-electron chi connectivity index (χ1n) is 5.68. The van der Waals surface area contributed by atoms with E-state index in [1.165, 1.54) is 25.7 Å². The highest BCUT2D eigenvalue weighted by molar-refractivity contribution is 5.79. The van der Waals surface area contributed by atoms with Crippen LogP contribution in [0.2, 0.25) is 0 Å². The van der Waals surface area contributed by atoms with E-state index in [1.54, 1.807) is 7.05 Å². The maximum atomic E-state index is 5.79. The smallest absolute Gasteiger partial charge is 0.208 e. The quantitative estimate of drug-likeness (QED) is 0.258. The van der Waals surface area contributed by atoms with Crippen molar-refractivity contribution in [1.82, 2.24) is 10.3 Å². The Morgan fingerprint density at radius 2 is 2.27 bits per heavy atom. The molecule has 0 aromatic heterocycles. The van der Waals surface area contributed by atoms with E-state index in [9.17, 15) is 0 Å². The van der Waals surface area contributed by atoms with Crippen LogP contribution < -0.4 is 11.3 Å². The zero-order chi connectivity index (χ0) is 10.7. The number of hydrogen-bond donors (Lipinski definition) is 2. The fourth-order valence-corrected chi connectivity index (χ4v) is 2.64. The molecule has 1 saturated carbocycles. The molecule has 0 bridgehead atoms. The molecule has 86 valence electrons. The molecule has 2 rings (SSSR count). The monoisotopic (exact) mass is 212 g/mol. The van der Waals surface area contributed by atoms with Crippen LogP contribution in [0.3, 0.4) is 0 Å². The average Bonchev–Trinajstić information content (AvgIpc) is 2.31. The van der Waals surface area contributed by atoms with Crippen LogP contribution in [0.15, 0.2) is 4.99 Å². The number of nitrogens with one attached hydrogen (secondary N) is 1. The SMILES string of the molecule is CN=C(NN)N1CCOC2CCCCC21. The Morgan fingerprint density at radius 3 is 3.00 bits per heavy atom. The van der Waals surface area contributed by atoms with Gasteiger partial charge in [-0.3, -0.25) is 10.4 Å². The third-order valence-corrected chi connectivity index (χ3v) is 3.35. The molecule has 1 heterocycles. The van der Waals surface area contributed by atoms with Gasteiger partial charge in [0.15, 0.2) is 0 Å². The molecule has 2 fully saturated rings. The summed E-state index contributed by atoms with van der Waals surface area (Å²) in [7, 11) is 1.77. The van der Waals surface area contributed by atoms with Gasteiger partial charge in [0, 0.05) is 13.6 Å². The molecule has 5 heteroatoms. The lowest BCUT2D eigenvalue weighted by Crippen LogP contribution is -2.59. The van der Waals surface area contributed by atoms with Gasteiger partial charge >= 0.3 is 0 Å². The van der Waals surface area contributed by atoms with Crippen LogP contribution >= 0.6 is 0 Å². The number of guanidine groups is 1. The van der Waals surface area contributed by atoms with Gasteiger partial charge in [0.1, 0.15) is 0 Å². The number of morpholine rings is 1. The average molecular weight is 212 g/mol. The minimum Gasteiger partial charge on any atom is -0.374 e. The molecule has 0 aromatic rings. The third kappa shape index (κ3) is 2.08. The summed E-state index contributed by atoms with van der Waals surface area (Å²) in [5.41, 5.74) is 2.67. The molecule has 3 N–H and O–H groups in total. The summed E-state index contributed by atoms with van der Waals surface area (Å²) in [5, 5.41) is 0. The van der Waals surface area contributed by atoms with Crippen molar-refractivity contribution < 1.29 is 4.74 Å². The van der Waals surface area contributed by atoms with Crippen LogP contribution in [0, 0.1) is 0 Å². The number of nitrogens with two attached hydrogens (primary N) is 1. The molecule has 1 aliphatic carbocycles. The Bertz CT molecular complexity index is 242. The van der Waals surface area contributed by atoms with Crippen LogP contribution in [-0.2, 0) is 4.74 Å². The molecule has 1 aliphatic heterocycles. The van der Waals surface area contributed by atoms with Crippen LogP contribution in [0.5, 0.6) is 0 Å². The summed E-state index contributed by atoms with van der Waals surface area (Å²) in [6.07, 6.45) is 5.29. The van der Waals surface area contributed by atoms with Gasteiger partial charge in [-0.15, -0.1) is 0 Å². The number of fused-ring (bicyclic) bond motifs is 1. The Hall–Kier alpha value is -0.810. The summed E-state index contributed by atoms with van der Waals surface area (Å²) >= 11 is 0. The molecule has 2 aliphatic rings. The molecular formula is C10H20N4O. The van der Waals surface area contributed by atoms with E-state index in [2.05, 4.69) is 15.3 Å². The van der Waals surface area contributed by atoms with E-state index < -0.39 is 0 Å². The van der Waals surface area contributed by atoms with Gasteiger partial charge in [0.2, 0.25) is 5.96 Å². The van der Waals surface area contributed by atoms with Gasteiger partial charge in [0.25, 0.3) is 0 Å². The second kappa shape index (κ2) is 4.81. The van der Waals surface area contributed by atoms with Crippen LogP contribution in [0.25, 0.3) is 0 Å². The molecule has 1 saturated heterocycles. The van der Waals surface area contributed by atoms with Crippen molar-refractivity contribution in [2.45, 2.75) is 37.8 Å². The first-order valence-corrected chi connectivity index (χ1v) is 5.68. The molecule has 2 unspecified atom stereocenters. The molecule has 0 radical (unpaired) electrons. The number of aliphatic imine (C=N–C) groups is 1. The molecule has 0 amide bonds. The van der Waals surface area contributed by atoms with Gasteiger partial charge in [-0.2, -0.15) is 0 Å². The fourth-order valence-electron chi connectivity index (χ4n) is 2.64. The van der Waals surface area contributed by atoms with Gasteiger partial charge in [-0.25, -0.2) is 5.84 Å². The number of hydrogen-bond acceptors (Lipinski definition) is 3. The van der Waals surface area contributed by atoms with Gasteiger partial charge < -0.3 is 9.64 Å². The molecule has 2 atom stereocenters. The zero-order valence-electron chi connectivity index (χ0n) is 9.28. The Kier molecular flexibility index (Phi) is 3.43. The van der Waals surface area contributed by atoms with Crippen molar-refractivity contribution in [3.63, 3.8) is 0 Å². The Labute approximate surface area is 90.6 Å². The Morgan fingerprint density at radius 1 is 1.47 bits per heavy atom. The first-order chi connectivity index (χ1) is 7.36. The lowest BCUT2D eigenvalue weighted by molar-refractivity contribution is -0.0647. The van der Waals surface area contributed by atoms with Crippen molar-refractivity contribution in [3.05, 3.63) is 0 Å². The van der Waals surface area contributed by atoms with E-state index in [0.29, 0.717) is 12.1 Å². The summed E-state index contributed by atoms with van der Waals surface area (Å²) < 4.78 is 5.79. The normalized spacial score (nSPS) is 32.4. The van der Waals surface area contributed by atoms with Gasteiger partial charge in [-0.1, -0.05) is 12.8 Å². The van der Waals surface area contributed by atoms with Gasteiger partial charge in [0.05, 0.1) is 18.8 Å². The molecule has 0 aromatic carbocycles. The zero-order valence-corrected chi connectivity index (χ0v) is 9.28. The maximum absolute atomic E-state index is 5.79. The standard InChI is InChI=1S/C10H20N4O/c1-12-10(13-11)14-6-7-15-9-5-3-2-4-8(9)14/h8-9H,2-7,11H2,1H3,(H,12,13). The molecule has 5 nitrogen and oxygen atoms in total. The van der Waals surface area contributed by atoms with E-state index in [-0.39, 0.29) is 0 Å². The van der Waals surface area contributed by atoms with Gasteiger partial charge in [-0.05, 0) is 12.8 Å². The van der Waals surface area contributed by atoms with Crippen LogP contribution in [-0.4, -0.2) is 43.2 Å². The van der Waals surface area contributed by atoms with Crippen molar-refractivity contribution in [2.24, 2.45) is 10.8 Å². The van der Waals surface area contributed by atoms with E-state index >= 15 is 0 Å². The summed E-state index contributed by atoms with van der Waals surface area (Å²) in [4.78, 5) is 6.43. The fraction of sp³-hybridized carbons (Fsp3) is 0.900. The molecule has 0 spiro atoms. The summed E-state index contributed by atoms with van der Waals surface area (Å²) in [6, 6.07) is 0.460. The third-order valence-electron chi connectivity index (χ3n) is 3.35. The predicted octanol–water partition coefficient (Wildman–Crippen LogP) is 0.0789. The minimum atomic E-state index is 0.373. The van der Waals surface area contributed by atoms with Crippen molar-refractivity contribution in [3.8, 4) is 0 Å². The highest BCUT2D eigenvalue weighted by Crippen LogP contribution is 2.28. The maximum Gasteiger partial charge on any atom is 0.208 e. The van der Waals surface area contributed by atoms with Crippen LogP contribution in [0.1, 0.15) is 25.7 Å². The molecular weight excluding hydrogens is 192 g/mol. The number of nitrogens with zero attached hydrogens (tertiary/aromatic N) is 2. The first kappa shape index (κ1) is 10.7. The van der Waals surface area contributed by atoms with E-state index in [4.69, 9.17) is 10.6 Å². The second-order valence-electron chi connectivity index (χ2n) is 4.15. The Balaban J connectivity index is 2.09. The number of rotatable bonds is 0. The van der Waals surface area contributed by atoms with Crippen molar-refractivity contribution in [2.75, 3.05) is 20.2 Å². The van der Waals surface area contributed by atoms with Crippen molar-refractivity contribution >= 4 is 5.96 Å². The lowest BCUT2D eigenvalue weighted by Gasteiger charge is -2.44. The summed E-state index contributed by atoms with van der Waals surface area (Å²) in [6.45, 7) is 1.67. The van der Waals surface area contributed by atoms with Crippen LogP contribution in [0.4, 0.5) is 0 Å². The number of hydrazine groups is 1. The second-order valence-corrected chi connectivity index (χ2v) is 4.15. The van der Waals surface area contributed by atoms with E-state index in [0.717, 1.165) is 19.1 Å². The largest absolute Gasteiger partial charge is 0.374 e. The number of ether oxygens (including phenoxy) is 1. The highest BCUT2D eigenvalue weighted by Gasteiger charge is 2.35. The molecule has 15 heavy (non-hydrogen) atoms. The van der Waals surface area contributed by atoms with Crippen molar-refractivity contribution in [1.29, 1.82) is 0 Å². The predicted molar refractivity (Wildman–Crippen MR) is 59.4 cm³/mol. The lowest BCUT2D eigenvalue weighted by atomic mass is 9.90.